The van der Waals surface area contributed by atoms with Crippen LogP contribution in [-0.2, 0) is 16.1 Å². The smallest absolute Gasteiger partial charge is 0.352 e. The maximum atomic E-state index is 13.6. The van der Waals surface area contributed by atoms with Crippen LogP contribution in [0, 0.1) is 12.8 Å². The van der Waals surface area contributed by atoms with Gasteiger partial charge < -0.3 is 9.64 Å². The summed E-state index contributed by atoms with van der Waals surface area (Å²) in [5.74, 6) is -1.55. The number of amides is 1. The van der Waals surface area contributed by atoms with Gasteiger partial charge >= 0.3 is 11.7 Å². The number of hydrogen-bond acceptors (Lipinski definition) is 6. The minimum atomic E-state index is -0.845. The van der Waals surface area contributed by atoms with Crippen molar-refractivity contribution in [2.75, 3.05) is 19.7 Å². The summed E-state index contributed by atoms with van der Waals surface area (Å²) in [5.41, 5.74) is -0.412. The lowest BCUT2D eigenvalue weighted by molar-refractivity contribution is -0.149. The number of carbonyl (C=O) groups is 2. The molecule has 2 aromatic carbocycles. The lowest BCUT2D eigenvalue weighted by Crippen LogP contribution is -2.49. The van der Waals surface area contributed by atoms with E-state index < -0.39 is 28.8 Å². The van der Waals surface area contributed by atoms with Gasteiger partial charge in [0.2, 0.25) is 5.69 Å². The monoisotopic (exact) mass is 544 g/mol. The van der Waals surface area contributed by atoms with Crippen molar-refractivity contribution in [3.8, 4) is 5.69 Å². The fourth-order valence-electron chi connectivity index (χ4n) is 4.23. The minimum absolute atomic E-state index is 0.0960. The number of halogens is 2. The first-order chi connectivity index (χ1) is 17.7. The van der Waals surface area contributed by atoms with E-state index in [9.17, 15) is 19.2 Å². The van der Waals surface area contributed by atoms with Crippen molar-refractivity contribution in [2.45, 2.75) is 33.2 Å². The third kappa shape index (κ3) is 5.62. The molecule has 1 amide bonds. The van der Waals surface area contributed by atoms with Gasteiger partial charge in [0.1, 0.15) is 0 Å². The van der Waals surface area contributed by atoms with Crippen LogP contribution in [0.15, 0.2) is 52.1 Å². The number of likely N-dealkylation sites (tertiary alicyclic amines) is 1. The molecule has 1 aromatic heterocycles. The minimum Gasteiger partial charge on any atom is -0.466 e. The Kier molecular flexibility index (Phi) is 8.14. The van der Waals surface area contributed by atoms with Crippen LogP contribution in [0.5, 0.6) is 0 Å². The number of nitrogens with zero attached hydrogens (tertiary/aromatic N) is 4. The Hall–Kier alpha value is -3.43. The maximum Gasteiger partial charge on any atom is 0.352 e. The van der Waals surface area contributed by atoms with Gasteiger partial charge in [-0.15, -0.1) is 0 Å². The SMILES string of the molecule is CCOC(=O)[C@H]1CCCN(C(=O)c2nn(-c3ccc(C)c(Cl)c3)c(=O)n(Cc3ccccc3Cl)c2=O)C1. The van der Waals surface area contributed by atoms with E-state index in [4.69, 9.17) is 27.9 Å². The summed E-state index contributed by atoms with van der Waals surface area (Å²) in [5, 5.41) is 4.96. The number of aromatic nitrogens is 3. The summed E-state index contributed by atoms with van der Waals surface area (Å²) in [6.45, 7) is 4.04. The van der Waals surface area contributed by atoms with Crippen molar-refractivity contribution in [3.05, 3.63) is 90.2 Å². The lowest BCUT2D eigenvalue weighted by Gasteiger charge is -2.31. The predicted molar refractivity (Wildman–Crippen MR) is 140 cm³/mol. The number of esters is 1. The van der Waals surface area contributed by atoms with Gasteiger partial charge in [-0.05, 0) is 56.0 Å². The van der Waals surface area contributed by atoms with Crippen molar-refractivity contribution in [1.29, 1.82) is 0 Å². The Balaban J connectivity index is 1.82. The summed E-state index contributed by atoms with van der Waals surface area (Å²) in [6.07, 6.45) is 1.14. The average Bonchev–Trinajstić information content (AvgIpc) is 2.89. The highest BCUT2D eigenvalue weighted by Crippen LogP contribution is 2.21. The molecule has 11 heteroatoms. The summed E-state index contributed by atoms with van der Waals surface area (Å²) < 4.78 is 7.04. The van der Waals surface area contributed by atoms with Gasteiger partial charge in [-0.3, -0.25) is 19.0 Å². The van der Waals surface area contributed by atoms with E-state index in [1.54, 1.807) is 49.4 Å². The highest BCUT2D eigenvalue weighted by Gasteiger charge is 2.32. The topological polar surface area (TPSA) is 104 Å². The molecular formula is C26H26Cl2N4O5. The van der Waals surface area contributed by atoms with Crippen LogP contribution in [0.3, 0.4) is 0 Å². The number of rotatable bonds is 6. The highest BCUT2D eigenvalue weighted by molar-refractivity contribution is 6.31. The van der Waals surface area contributed by atoms with Gasteiger partial charge in [0.25, 0.3) is 11.5 Å². The van der Waals surface area contributed by atoms with E-state index in [0.29, 0.717) is 40.7 Å². The Bertz CT molecular complexity index is 1470. The zero-order chi connectivity index (χ0) is 26.7. The van der Waals surface area contributed by atoms with Gasteiger partial charge in [0.15, 0.2) is 0 Å². The molecule has 4 rings (SSSR count). The Morgan fingerprint density at radius 1 is 1.11 bits per heavy atom. The van der Waals surface area contributed by atoms with E-state index in [1.165, 1.54) is 4.90 Å². The Morgan fingerprint density at radius 3 is 2.57 bits per heavy atom. The fourth-order valence-corrected chi connectivity index (χ4v) is 4.60. The number of hydrogen-bond donors (Lipinski definition) is 0. The van der Waals surface area contributed by atoms with Crippen LogP contribution >= 0.6 is 23.2 Å². The molecule has 2 heterocycles. The molecule has 0 aliphatic carbocycles. The van der Waals surface area contributed by atoms with Gasteiger partial charge in [-0.25, -0.2) is 4.79 Å². The van der Waals surface area contributed by atoms with E-state index in [-0.39, 0.29) is 25.7 Å². The third-order valence-corrected chi connectivity index (χ3v) is 7.05. The van der Waals surface area contributed by atoms with Gasteiger partial charge in [-0.2, -0.15) is 9.78 Å². The number of aryl methyl sites for hydroxylation is 1. The molecule has 1 atom stereocenters. The summed E-state index contributed by atoms with van der Waals surface area (Å²) in [4.78, 5) is 54.2. The molecule has 37 heavy (non-hydrogen) atoms. The third-order valence-electron chi connectivity index (χ3n) is 6.28. The van der Waals surface area contributed by atoms with Gasteiger partial charge in [0, 0.05) is 23.1 Å². The van der Waals surface area contributed by atoms with Crippen LogP contribution in [0.2, 0.25) is 10.0 Å². The van der Waals surface area contributed by atoms with Crippen LogP contribution in [0.1, 0.15) is 41.4 Å². The van der Waals surface area contributed by atoms with Gasteiger partial charge in [-0.1, -0.05) is 47.5 Å². The van der Waals surface area contributed by atoms with Crippen LogP contribution in [0.4, 0.5) is 0 Å². The normalized spacial score (nSPS) is 15.5. The Labute approximate surface area is 223 Å². The molecule has 3 aromatic rings. The lowest BCUT2D eigenvalue weighted by atomic mass is 9.98. The molecule has 0 bridgehead atoms. The fraction of sp³-hybridized carbons (Fsp3) is 0.346. The van der Waals surface area contributed by atoms with E-state index >= 15 is 0 Å². The van der Waals surface area contributed by atoms with Crippen LogP contribution in [0.25, 0.3) is 5.69 Å². The molecule has 0 saturated carbocycles. The number of ether oxygens (including phenoxy) is 1. The average molecular weight is 545 g/mol. The van der Waals surface area contributed by atoms with Crippen molar-refractivity contribution in [3.63, 3.8) is 0 Å². The first-order valence-electron chi connectivity index (χ1n) is 11.9. The standard InChI is InChI=1S/C26H26Cl2N4O5/c1-3-37-25(35)18-8-6-12-30(14-18)23(33)22-24(34)31(15-17-7-4-5-9-20(17)27)26(36)32(29-22)19-11-10-16(2)21(28)13-19/h4-5,7,9-11,13,18H,3,6,8,12,14-15H2,1-2H3/t18-/m0/s1. The Morgan fingerprint density at radius 2 is 1.86 bits per heavy atom. The largest absolute Gasteiger partial charge is 0.466 e. The summed E-state index contributed by atoms with van der Waals surface area (Å²) in [7, 11) is 0. The number of carbonyl (C=O) groups excluding carboxylic acids is 2. The molecule has 0 spiro atoms. The molecule has 194 valence electrons. The zero-order valence-corrected chi connectivity index (χ0v) is 22.0. The number of piperidine rings is 1. The molecule has 9 nitrogen and oxygen atoms in total. The van der Waals surface area contributed by atoms with Crippen LogP contribution in [-0.4, -0.2) is 50.8 Å². The predicted octanol–water partition coefficient (Wildman–Crippen LogP) is 3.47. The maximum absolute atomic E-state index is 13.6. The van der Waals surface area contributed by atoms with E-state index in [1.807, 2.05) is 6.92 Å². The van der Waals surface area contributed by atoms with E-state index in [2.05, 4.69) is 5.10 Å². The zero-order valence-electron chi connectivity index (χ0n) is 20.4. The molecule has 1 saturated heterocycles. The second kappa shape index (κ2) is 11.3. The van der Waals surface area contributed by atoms with Crippen LogP contribution < -0.4 is 11.2 Å². The summed E-state index contributed by atoms with van der Waals surface area (Å²) in [6, 6.07) is 11.7. The van der Waals surface area contributed by atoms with Gasteiger partial charge in [0.05, 0.1) is 24.8 Å². The molecular weight excluding hydrogens is 519 g/mol. The molecule has 0 N–H and O–H groups in total. The van der Waals surface area contributed by atoms with Crippen molar-refractivity contribution < 1.29 is 14.3 Å². The first kappa shape index (κ1) is 26.6. The second-order valence-electron chi connectivity index (χ2n) is 8.80. The second-order valence-corrected chi connectivity index (χ2v) is 9.62. The first-order valence-corrected chi connectivity index (χ1v) is 12.7. The quantitative estimate of drug-likeness (QED) is 0.440. The molecule has 1 aliphatic heterocycles. The molecule has 0 radical (unpaired) electrons. The van der Waals surface area contributed by atoms with Crippen molar-refractivity contribution in [2.24, 2.45) is 5.92 Å². The molecule has 1 fully saturated rings. The van der Waals surface area contributed by atoms with Crippen molar-refractivity contribution in [1.82, 2.24) is 19.2 Å². The van der Waals surface area contributed by atoms with Crippen molar-refractivity contribution >= 4 is 35.1 Å². The summed E-state index contributed by atoms with van der Waals surface area (Å²) >= 11 is 12.6. The number of benzene rings is 2. The van der Waals surface area contributed by atoms with E-state index in [0.717, 1.165) is 14.8 Å². The molecule has 0 unspecified atom stereocenters. The highest BCUT2D eigenvalue weighted by atomic mass is 35.5. The molecule has 1 aliphatic rings.